The van der Waals surface area contributed by atoms with Gasteiger partial charge in [0, 0.05) is 7.11 Å². The van der Waals surface area contributed by atoms with E-state index in [1.165, 1.54) is 44.1 Å². The van der Waals surface area contributed by atoms with Gasteiger partial charge in [0.1, 0.15) is 0 Å². The van der Waals surface area contributed by atoms with Gasteiger partial charge in [0.25, 0.3) is 0 Å². The summed E-state index contributed by atoms with van der Waals surface area (Å²) in [4.78, 5) is 0. The van der Waals surface area contributed by atoms with Crippen molar-refractivity contribution in [2.45, 2.75) is 57.5 Å². The van der Waals surface area contributed by atoms with Crippen molar-refractivity contribution < 1.29 is 9.76 Å². The molecule has 0 amide bonds. The molecule has 3 aliphatic carbocycles. The Morgan fingerprint density at radius 3 is 2.86 bits per heavy atom. The molecule has 1 aromatic rings. The van der Waals surface area contributed by atoms with Crippen molar-refractivity contribution in [2.75, 3.05) is 7.11 Å². The zero-order chi connectivity index (χ0) is 15.3. The Balaban J connectivity index is 1.66. The molecule has 0 spiro atoms. The molecule has 0 aliphatic heterocycles. The van der Waals surface area contributed by atoms with Crippen molar-refractivity contribution >= 4 is 12.9 Å². The van der Waals surface area contributed by atoms with E-state index in [9.17, 15) is 5.02 Å². The average molecular weight is 298 g/mol. The van der Waals surface area contributed by atoms with Gasteiger partial charge in [0.15, 0.2) is 0 Å². The molecule has 4 rings (SSSR count). The van der Waals surface area contributed by atoms with Crippen LogP contribution in [0.1, 0.15) is 56.1 Å². The minimum atomic E-state index is 0.164. The van der Waals surface area contributed by atoms with Crippen molar-refractivity contribution in [1.82, 2.24) is 0 Å². The molecule has 0 aromatic heterocycles. The lowest BCUT2D eigenvalue weighted by Gasteiger charge is -2.50. The van der Waals surface area contributed by atoms with Gasteiger partial charge in [0.2, 0.25) is 0 Å². The summed E-state index contributed by atoms with van der Waals surface area (Å²) in [5.74, 6) is 2.42. The van der Waals surface area contributed by atoms with Gasteiger partial charge in [-0.1, -0.05) is 30.6 Å². The smallest absolute Gasteiger partial charge is 0.304 e. The zero-order valence-electron chi connectivity index (χ0n) is 13.8. The third kappa shape index (κ3) is 2.01. The fourth-order valence-electron chi connectivity index (χ4n) is 6.07. The second kappa shape index (κ2) is 5.38. The highest BCUT2D eigenvalue weighted by Crippen LogP contribution is 2.61. The first-order chi connectivity index (χ1) is 10.7. The summed E-state index contributed by atoms with van der Waals surface area (Å²) in [6.07, 6.45) is 8.19. The standard InChI is InChI=1S/C19H27BO2/c1-19-10-9-15-14-6-4-13(20-21)11-12(14)3-5-16(15)17(19)7-8-18(19)22-2/h4,6,11,15-18,20-21H,3,5,7-10H2,1-2H3. The van der Waals surface area contributed by atoms with Crippen LogP contribution in [-0.4, -0.2) is 25.7 Å². The summed E-state index contributed by atoms with van der Waals surface area (Å²) >= 11 is 0. The van der Waals surface area contributed by atoms with Gasteiger partial charge in [-0.2, -0.15) is 0 Å². The maximum atomic E-state index is 9.37. The Kier molecular flexibility index (Phi) is 3.62. The molecule has 2 saturated carbocycles. The molecular weight excluding hydrogens is 271 g/mol. The lowest BCUT2D eigenvalue weighted by molar-refractivity contribution is -0.0443. The average Bonchev–Trinajstić information content (AvgIpc) is 2.90. The van der Waals surface area contributed by atoms with Gasteiger partial charge in [-0.15, -0.1) is 0 Å². The second-order valence-electron chi connectivity index (χ2n) is 7.95. The number of hydrogen-bond acceptors (Lipinski definition) is 2. The minimum absolute atomic E-state index is 0.164. The SMILES string of the molecule is COC1CCC2C3CCc4cc(BO)ccc4C3CCC12C. The van der Waals surface area contributed by atoms with Crippen LogP contribution in [0.4, 0.5) is 0 Å². The molecule has 22 heavy (non-hydrogen) atoms. The van der Waals surface area contributed by atoms with E-state index in [0.717, 1.165) is 23.2 Å². The molecular formula is C19H27BO2. The van der Waals surface area contributed by atoms with Crippen molar-refractivity contribution in [3.63, 3.8) is 0 Å². The molecule has 0 saturated heterocycles. The number of benzene rings is 1. The molecule has 2 fully saturated rings. The molecule has 118 valence electrons. The molecule has 1 aromatic carbocycles. The molecule has 3 aliphatic rings. The van der Waals surface area contributed by atoms with Crippen molar-refractivity contribution in [3.05, 3.63) is 29.3 Å². The second-order valence-corrected chi connectivity index (χ2v) is 7.95. The number of rotatable bonds is 2. The summed E-state index contributed by atoms with van der Waals surface area (Å²) in [5, 5.41) is 9.37. The zero-order valence-corrected chi connectivity index (χ0v) is 13.8. The summed E-state index contributed by atoms with van der Waals surface area (Å²) in [5.41, 5.74) is 4.55. The highest BCUT2D eigenvalue weighted by atomic mass is 16.5. The maximum Gasteiger partial charge on any atom is 0.304 e. The van der Waals surface area contributed by atoms with E-state index in [0.29, 0.717) is 11.5 Å². The van der Waals surface area contributed by atoms with Gasteiger partial charge in [-0.25, -0.2) is 0 Å². The Hall–Kier alpha value is -0.795. The largest absolute Gasteiger partial charge is 0.449 e. The van der Waals surface area contributed by atoms with Crippen LogP contribution < -0.4 is 5.46 Å². The third-order valence-corrected chi connectivity index (χ3v) is 7.17. The summed E-state index contributed by atoms with van der Waals surface area (Å²) < 4.78 is 5.84. The quantitative estimate of drug-likeness (QED) is 0.850. The molecule has 0 bridgehead atoms. The number of methoxy groups -OCH3 is 1. The van der Waals surface area contributed by atoms with Crippen LogP contribution in [0.3, 0.4) is 0 Å². The summed E-state index contributed by atoms with van der Waals surface area (Å²) in [7, 11) is 2.06. The molecule has 0 heterocycles. The summed E-state index contributed by atoms with van der Waals surface area (Å²) in [6.45, 7) is 2.49. The molecule has 1 N–H and O–H groups in total. The van der Waals surface area contributed by atoms with E-state index < -0.39 is 0 Å². The van der Waals surface area contributed by atoms with Crippen LogP contribution in [0.15, 0.2) is 18.2 Å². The monoisotopic (exact) mass is 298 g/mol. The number of ether oxygens (including phenoxy) is 1. The van der Waals surface area contributed by atoms with Gasteiger partial charge >= 0.3 is 7.48 Å². The number of aryl methyl sites for hydroxylation is 1. The first kappa shape index (κ1) is 14.8. The fraction of sp³-hybridized carbons (Fsp3) is 0.684. The van der Waals surface area contributed by atoms with Crippen LogP contribution >= 0.6 is 0 Å². The number of fused-ring (bicyclic) bond motifs is 5. The lowest BCUT2D eigenvalue weighted by Crippen LogP contribution is -2.44. The Morgan fingerprint density at radius 1 is 1.23 bits per heavy atom. The van der Waals surface area contributed by atoms with Gasteiger partial charge < -0.3 is 9.76 Å². The predicted octanol–water partition coefficient (Wildman–Crippen LogP) is 2.53. The number of hydrogen-bond donors (Lipinski definition) is 1. The minimum Gasteiger partial charge on any atom is -0.449 e. The lowest BCUT2D eigenvalue weighted by atomic mass is 9.55. The van der Waals surface area contributed by atoms with Crippen molar-refractivity contribution in [3.8, 4) is 0 Å². The van der Waals surface area contributed by atoms with Gasteiger partial charge in [-0.3, -0.25) is 0 Å². The van der Waals surface area contributed by atoms with Crippen LogP contribution in [0.5, 0.6) is 0 Å². The Morgan fingerprint density at radius 2 is 2.09 bits per heavy atom. The van der Waals surface area contributed by atoms with Crippen molar-refractivity contribution in [1.29, 1.82) is 0 Å². The van der Waals surface area contributed by atoms with Gasteiger partial charge in [0.05, 0.1) is 6.10 Å². The Bertz CT molecular complexity index is 573. The van der Waals surface area contributed by atoms with Crippen molar-refractivity contribution in [2.24, 2.45) is 17.3 Å². The van der Waals surface area contributed by atoms with E-state index in [1.807, 2.05) is 7.11 Å². The van der Waals surface area contributed by atoms with Crippen LogP contribution in [0, 0.1) is 17.3 Å². The van der Waals surface area contributed by atoms with Crippen LogP contribution in [0.25, 0.3) is 0 Å². The normalized spacial score (nSPS) is 39.8. The van der Waals surface area contributed by atoms with Crippen LogP contribution in [0.2, 0.25) is 0 Å². The highest BCUT2D eigenvalue weighted by molar-refractivity contribution is 6.45. The van der Waals surface area contributed by atoms with E-state index in [1.54, 1.807) is 5.56 Å². The van der Waals surface area contributed by atoms with E-state index >= 15 is 0 Å². The maximum absolute atomic E-state index is 9.37. The van der Waals surface area contributed by atoms with Crippen LogP contribution in [-0.2, 0) is 11.2 Å². The Labute approximate surface area is 134 Å². The molecule has 5 atom stereocenters. The molecule has 0 radical (unpaired) electrons. The highest BCUT2D eigenvalue weighted by Gasteiger charge is 2.54. The first-order valence-corrected chi connectivity index (χ1v) is 8.92. The topological polar surface area (TPSA) is 29.5 Å². The molecule has 5 unspecified atom stereocenters. The summed E-state index contributed by atoms with van der Waals surface area (Å²) in [6, 6.07) is 6.68. The molecule has 2 nitrogen and oxygen atoms in total. The first-order valence-electron chi connectivity index (χ1n) is 8.92. The van der Waals surface area contributed by atoms with E-state index in [4.69, 9.17) is 4.74 Å². The third-order valence-electron chi connectivity index (χ3n) is 7.17. The van der Waals surface area contributed by atoms with E-state index in [2.05, 4.69) is 25.1 Å². The van der Waals surface area contributed by atoms with E-state index in [-0.39, 0.29) is 7.48 Å². The molecule has 3 heteroatoms. The predicted molar refractivity (Wildman–Crippen MR) is 90.9 cm³/mol. The fourth-order valence-corrected chi connectivity index (χ4v) is 6.07. The van der Waals surface area contributed by atoms with Gasteiger partial charge in [-0.05, 0) is 72.8 Å².